The lowest BCUT2D eigenvalue weighted by Gasteiger charge is -2.30. The van der Waals surface area contributed by atoms with Gasteiger partial charge in [0.1, 0.15) is 16.9 Å². The highest BCUT2D eigenvalue weighted by molar-refractivity contribution is 6.46. The zero-order valence-corrected chi connectivity index (χ0v) is 16.2. The topological polar surface area (TPSA) is 40.5 Å². The van der Waals surface area contributed by atoms with E-state index < -0.39 is 54.8 Å². The minimum atomic E-state index is -4.76. The lowest BCUT2D eigenvalue weighted by molar-refractivity contribution is -0.141. The SMILES string of the molecule is OC1C=CC(Cl)(C(F)(F)F)C(Cl)=C1Cl.Oc1ccc(C(F)(F)F)c(Cl)c1Cl. The van der Waals surface area contributed by atoms with Gasteiger partial charge in [0.2, 0.25) is 0 Å². The third-order valence-electron chi connectivity index (χ3n) is 3.08. The van der Waals surface area contributed by atoms with E-state index in [-0.39, 0.29) is 0 Å². The van der Waals surface area contributed by atoms with E-state index >= 15 is 0 Å². The van der Waals surface area contributed by atoms with Gasteiger partial charge in [-0.2, -0.15) is 26.3 Å². The van der Waals surface area contributed by atoms with Crippen LogP contribution in [0, 0.1) is 0 Å². The lowest BCUT2D eigenvalue weighted by atomic mass is 10.00. The van der Waals surface area contributed by atoms with Crippen molar-refractivity contribution in [3.63, 3.8) is 0 Å². The average molecular weight is 498 g/mol. The van der Waals surface area contributed by atoms with Crippen molar-refractivity contribution in [1.82, 2.24) is 0 Å². The monoisotopic (exact) mass is 496 g/mol. The molecule has 0 bridgehead atoms. The molecule has 2 rings (SSSR count). The molecule has 1 aromatic rings. The van der Waals surface area contributed by atoms with Crippen molar-refractivity contribution < 1.29 is 36.6 Å². The Morgan fingerprint density at radius 2 is 1.44 bits per heavy atom. The first-order valence-corrected chi connectivity index (χ1v) is 8.36. The number of benzene rings is 1. The summed E-state index contributed by atoms with van der Waals surface area (Å²) < 4.78 is 73.7. The summed E-state index contributed by atoms with van der Waals surface area (Å²) >= 11 is 26.6. The quantitative estimate of drug-likeness (QED) is 0.233. The van der Waals surface area contributed by atoms with Crippen LogP contribution in [0.2, 0.25) is 10.0 Å². The first-order valence-electron chi connectivity index (χ1n) is 6.47. The van der Waals surface area contributed by atoms with Crippen molar-refractivity contribution >= 4 is 58.0 Å². The first kappa shape index (κ1) is 24.5. The predicted octanol–water partition coefficient (Wildman–Crippen LogP) is 6.86. The van der Waals surface area contributed by atoms with Gasteiger partial charge in [0.15, 0.2) is 4.87 Å². The van der Waals surface area contributed by atoms with Gasteiger partial charge in [-0.1, -0.05) is 70.2 Å². The number of halogens is 11. The van der Waals surface area contributed by atoms with E-state index in [2.05, 4.69) is 0 Å². The molecule has 0 aromatic heterocycles. The molecule has 1 aromatic carbocycles. The maximum atomic E-state index is 12.4. The van der Waals surface area contributed by atoms with Crippen LogP contribution in [0.25, 0.3) is 0 Å². The molecule has 152 valence electrons. The van der Waals surface area contributed by atoms with Crippen molar-refractivity contribution in [3.05, 3.63) is 50.0 Å². The molecular weight excluding hydrogens is 491 g/mol. The van der Waals surface area contributed by atoms with Gasteiger partial charge in [-0.15, -0.1) is 0 Å². The van der Waals surface area contributed by atoms with E-state index in [1.807, 2.05) is 0 Å². The smallest absolute Gasteiger partial charge is 0.417 e. The lowest BCUT2D eigenvalue weighted by Crippen LogP contribution is -2.41. The number of phenolic OH excluding ortho intramolecular Hbond substituents is 1. The summed E-state index contributed by atoms with van der Waals surface area (Å²) in [7, 11) is 0. The van der Waals surface area contributed by atoms with Gasteiger partial charge >= 0.3 is 12.4 Å². The Hall–Kier alpha value is -0.510. The summed E-state index contributed by atoms with van der Waals surface area (Å²) in [5.74, 6) is -0.473. The summed E-state index contributed by atoms with van der Waals surface area (Å²) in [5.41, 5.74) is -1.06. The Morgan fingerprint density at radius 3 is 1.89 bits per heavy atom. The zero-order valence-electron chi connectivity index (χ0n) is 12.4. The van der Waals surface area contributed by atoms with Crippen LogP contribution in [0.5, 0.6) is 5.75 Å². The van der Waals surface area contributed by atoms with Crippen LogP contribution >= 0.6 is 58.0 Å². The van der Waals surface area contributed by atoms with Crippen LogP contribution in [0.15, 0.2) is 34.3 Å². The molecule has 0 amide bonds. The average Bonchev–Trinajstić information content (AvgIpc) is 2.53. The largest absolute Gasteiger partial charge is 0.506 e. The van der Waals surface area contributed by atoms with Gasteiger partial charge < -0.3 is 10.2 Å². The highest BCUT2D eigenvalue weighted by atomic mass is 35.5. The van der Waals surface area contributed by atoms with E-state index in [0.717, 1.165) is 12.1 Å². The van der Waals surface area contributed by atoms with Crippen LogP contribution in [-0.2, 0) is 6.18 Å². The molecule has 2 unspecified atom stereocenters. The number of rotatable bonds is 0. The fraction of sp³-hybridized carbons (Fsp3) is 0.286. The maximum Gasteiger partial charge on any atom is 0.417 e. The summed E-state index contributed by atoms with van der Waals surface area (Å²) in [6.45, 7) is 0. The molecule has 2 N–H and O–H groups in total. The normalized spacial score (nSPS) is 23.2. The Balaban J connectivity index is 0.000000271. The fourth-order valence-electron chi connectivity index (χ4n) is 1.66. The number of hydrogen-bond acceptors (Lipinski definition) is 2. The van der Waals surface area contributed by atoms with E-state index in [0.29, 0.717) is 12.1 Å². The van der Waals surface area contributed by atoms with Crippen LogP contribution < -0.4 is 0 Å². The van der Waals surface area contributed by atoms with Crippen LogP contribution in [-0.4, -0.2) is 27.4 Å². The summed E-state index contributed by atoms with van der Waals surface area (Å²) in [6, 6.07) is 1.51. The number of aromatic hydroxyl groups is 1. The summed E-state index contributed by atoms with van der Waals surface area (Å²) in [4.78, 5) is -2.83. The Kier molecular flexibility index (Phi) is 7.69. The van der Waals surface area contributed by atoms with Gasteiger partial charge in [-0.3, -0.25) is 0 Å². The first-order chi connectivity index (χ1) is 12.0. The van der Waals surface area contributed by atoms with Gasteiger partial charge in [-0.25, -0.2) is 0 Å². The Bertz CT molecular complexity index is 774. The third-order valence-corrected chi connectivity index (χ3v) is 5.59. The van der Waals surface area contributed by atoms with E-state index in [1.165, 1.54) is 0 Å². The van der Waals surface area contributed by atoms with Crippen LogP contribution in [0.4, 0.5) is 26.3 Å². The van der Waals surface area contributed by atoms with Crippen molar-refractivity contribution in [3.8, 4) is 5.75 Å². The fourth-order valence-corrected chi connectivity index (χ4v) is 2.82. The second kappa shape index (κ2) is 8.47. The Morgan fingerprint density at radius 1 is 0.926 bits per heavy atom. The number of hydrogen-bond donors (Lipinski definition) is 2. The van der Waals surface area contributed by atoms with Crippen molar-refractivity contribution in [1.29, 1.82) is 0 Å². The minimum Gasteiger partial charge on any atom is -0.506 e. The molecule has 2 atom stereocenters. The second-order valence-electron chi connectivity index (χ2n) is 4.93. The summed E-state index contributed by atoms with van der Waals surface area (Å²) in [6.07, 6.45) is -9.24. The molecule has 0 aliphatic heterocycles. The number of allylic oxidation sites excluding steroid dienone is 2. The predicted molar refractivity (Wildman–Crippen MR) is 91.6 cm³/mol. The van der Waals surface area contributed by atoms with Gasteiger partial charge in [0.05, 0.1) is 20.7 Å². The highest BCUT2D eigenvalue weighted by Crippen LogP contribution is 2.49. The molecule has 0 spiro atoms. The van der Waals surface area contributed by atoms with Crippen LogP contribution in [0.1, 0.15) is 5.56 Å². The molecule has 0 fully saturated rings. The third kappa shape index (κ3) is 5.31. The van der Waals surface area contributed by atoms with E-state index in [9.17, 15) is 26.3 Å². The van der Waals surface area contributed by atoms with Crippen molar-refractivity contribution in [2.24, 2.45) is 0 Å². The number of phenols is 1. The molecule has 0 saturated heterocycles. The molecule has 2 nitrogen and oxygen atoms in total. The van der Waals surface area contributed by atoms with Crippen LogP contribution in [0.3, 0.4) is 0 Å². The second-order valence-corrected chi connectivity index (χ2v) is 7.07. The molecule has 27 heavy (non-hydrogen) atoms. The number of alkyl halides is 7. The van der Waals surface area contributed by atoms with E-state index in [4.69, 9.17) is 68.2 Å². The molecule has 0 radical (unpaired) electrons. The summed E-state index contributed by atoms with van der Waals surface area (Å²) in [5, 5.41) is 15.5. The van der Waals surface area contributed by atoms with Crippen molar-refractivity contribution in [2.75, 3.05) is 0 Å². The minimum absolute atomic E-state index is 0.473. The standard InChI is InChI=1S/C7H4Cl3F3O.C7H3Cl2F3O/c8-4-3(14)1-2-6(10,5(4)9)7(11,12)13;8-5-3(7(10,11)12)1-2-4(13)6(5)9/h1-3,14H;1-2,13H. The molecule has 1 aliphatic rings. The van der Waals surface area contributed by atoms with Gasteiger partial charge in [0, 0.05) is 0 Å². The maximum absolute atomic E-state index is 12.4. The zero-order chi connectivity index (χ0) is 21.4. The molecule has 0 saturated carbocycles. The van der Waals surface area contributed by atoms with Gasteiger partial charge in [0.25, 0.3) is 0 Å². The molecular formula is C14H7Cl5F6O2. The molecule has 0 heterocycles. The molecule has 13 heteroatoms. The number of aliphatic hydroxyl groups excluding tert-OH is 1. The molecule has 1 aliphatic carbocycles. The van der Waals surface area contributed by atoms with Gasteiger partial charge in [-0.05, 0) is 12.1 Å². The Labute approximate surface area is 173 Å². The number of aliphatic hydroxyl groups is 1. The van der Waals surface area contributed by atoms with E-state index in [1.54, 1.807) is 0 Å². The van der Waals surface area contributed by atoms with Crippen molar-refractivity contribution in [2.45, 2.75) is 23.3 Å². The highest BCUT2D eigenvalue weighted by Gasteiger charge is 2.56.